The Morgan fingerprint density at radius 2 is 1.84 bits per heavy atom. The number of ether oxygens (including phenoxy) is 2. The van der Waals surface area contributed by atoms with Gasteiger partial charge in [0.05, 0.1) is 42.6 Å². The first-order valence-corrected chi connectivity index (χ1v) is 16.2. The van der Waals surface area contributed by atoms with E-state index in [0.717, 1.165) is 98.6 Å². The van der Waals surface area contributed by atoms with E-state index in [0.29, 0.717) is 35.6 Å². The number of benzene rings is 2. The second kappa shape index (κ2) is 13.0. The van der Waals surface area contributed by atoms with Crippen molar-refractivity contribution in [1.29, 1.82) is 0 Å². The number of amides is 1. The average molecular weight is 608 g/mol. The molecule has 0 bridgehead atoms. The highest BCUT2D eigenvalue weighted by Crippen LogP contribution is 2.40. The summed E-state index contributed by atoms with van der Waals surface area (Å²) in [5.41, 5.74) is 7.57. The number of anilines is 2. The van der Waals surface area contributed by atoms with Crippen LogP contribution < -0.4 is 15.4 Å². The number of morpholine rings is 1. The number of hydrogen-bond acceptors (Lipinski definition) is 8. The van der Waals surface area contributed by atoms with E-state index >= 15 is 0 Å². The van der Waals surface area contributed by atoms with E-state index in [1.54, 1.807) is 0 Å². The number of hydrogen-bond donors (Lipinski definition) is 2. The van der Waals surface area contributed by atoms with Gasteiger partial charge in [0.2, 0.25) is 5.95 Å². The highest BCUT2D eigenvalue weighted by atomic mass is 16.5. The molecule has 1 saturated carbocycles. The molecule has 1 aliphatic heterocycles. The number of fused-ring (bicyclic) bond motifs is 3. The zero-order valence-corrected chi connectivity index (χ0v) is 26.1. The third-order valence-corrected chi connectivity index (χ3v) is 9.28. The van der Waals surface area contributed by atoms with Crippen LogP contribution in [0.25, 0.3) is 22.5 Å². The van der Waals surface area contributed by atoms with Crippen LogP contribution in [0.3, 0.4) is 0 Å². The summed E-state index contributed by atoms with van der Waals surface area (Å²) < 4.78 is 13.5. The maximum Gasteiger partial charge on any atom is 0.251 e. The SMILES string of the molecule is CCOc1cc(C(=O)NC2CCC(N3CCOCC3)CC2)ccc1Nc1ncc2c(n1)-c1c(nn(C)c1-c1ccccc1)CC2. The summed E-state index contributed by atoms with van der Waals surface area (Å²) in [6.45, 7) is 6.07. The van der Waals surface area contributed by atoms with E-state index in [9.17, 15) is 4.79 Å². The Kier molecular flexibility index (Phi) is 8.49. The Bertz CT molecular complexity index is 1660. The Labute approximate surface area is 264 Å². The second-order valence-electron chi connectivity index (χ2n) is 12.1. The van der Waals surface area contributed by atoms with E-state index in [1.165, 1.54) is 0 Å². The van der Waals surface area contributed by atoms with Gasteiger partial charge in [-0.25, -0.2) is 9.97 Å². The number of carbonyl (C=O) groups excluding carboxylic acids is 1. The number of aryl methyl sites for hydroxylation is 3. The first-order valence-electron chi connectivity index (χ1n) is 16.2. The minimum Gasteiger partial charge on any atom is -0.492 e. The van der Waals surface area contributed by atoms with Gasteiger partial charge in [-0.1, -0.05) is 30.3 Å². The molecule has 2 aliphatic carbocycles. The maximum atomic E-state index is 13.3. The van der Waals surface area contributed by atoms with Crippen LogP contribution in [0.15, 0.2) is 54.7 Å². The lowest BCUT2D eigenvalue weighted by atomic mass is 9.89. The Morgan fingerprint density at radius 3 is 2.62 bits per heavy atom. The Balaban J connectivity index is 1.07. The van der Waals surface area contributed by atoms with Crippen molar-refractivity contribution < 1.29 is 14.3 Å². The van der Waals surface area contributed by atoms with Crippen LogP contribution in [0.1, 0.15) is 54.2 Å². The van der Waals surface area contributed by atoms with Gasteiger partial charge < -0.3 is 20.1 Å². The molecule has 0 spiro atoms. The molecule has 1 amide bonds. The first-order chi connectivity index (χ1) is 22.1. The third kappa shape index (κ3) is 6.17. The van der Waals surface area contributed by atoms with Crippen LogP contribution >= 0.6 is 0 Å². The standard InChI is InChI=1S/C35H41N7O3/c1-3-45-30-21-24(34(43)37-26-11-13-27(14-12-26)42-17-19-44-20-18-42)9-15-28(30)38-35-36-22-25-10-16-29-31(32(25)39-35)33(41(2)40-29)23-7-5-4-6-8-23/h4-9,15,21-22,26-27H,3,10-14,16-20H2,1-2H3,(H,37,43)(H,36,38,39). The Morgan fingerprint density at radius 1 is 1.04 bits per heavy atom. The summed E-state index contributed by atoms with van der Waals surface area (Å²) in [4.78, 5) is 25.5. The molecule has 4 aromatic rings. The molecule has 2 aromatic carbocycles. The minimum absolute atomic E-state index is 0.0695. The van der Waals surface area contributed by atoms with Crippen molar-refractivity contribution in [3.05, 3.63) is 71.5 Å². The largest absolute Gasteiger partial charge is 0.492 e. The van der Waals surface area contributed by atoms with Gasteiger partial charge in [0.1, 0.15) is 5.75 Å². The zero-order valence-electron chi connectivity index (χ0n) is 26.1. The molecule has 7 rings (SSSR count). The molecule has 45 heavy (non-hydrogen) atoms. The number of nitrogens with one attached hydrogen (secondary N) is 2. The van der Waals surface area contributed by atoms with Crippen LogP contribution in [-0.4, -0.2) is 75.5 Å². The van der Waals surface area contributed by atoms with Crippen molar-refractivity contribution in [2.24, 2.45) is 7.05 Å². The van der Waals surface area contributed by atoms with E-state index in [1.807, 2.05) is 61.2 Å². The summed E-state index contributed by atoms with van der Waals surface area (Å²) in [5, 5.41) is 11.5. The van der Waals surface area contributed by atoms with Gasteiger partial charge in [0.15, 0.2) is 0 Å². The van der Waals surface area contributed by atoms with Crippen molar-refractivity contribution in [1.82, 2.24) is 30.0 Å². The monoisotopic (exact) mass is 607 g/mol. The van der Waals surface area contributed by atoms with E-state index < -0.39 is 0 Å². The van der Waals surface area contributed by atoms with Crippen molar-refractivity contribution in [2.45, 2.75) is 57.5 Å². The lowest BCUT2D eigenvalue weighted by molar-refractivity contribution is 0.00664. The van der Waals surface area contributed by atoms with Gasteiger partial charge in [-0.15, -0.1) is 0 Å². The first kappa shape index (κ1) is 29.4. The predicted molar refractivity (Wildman–Crippen MR) is 174 cm³/mol. The van der Waals surface area contributed by atoms with Crippen molar-refractivity contribution in [2.75, 3.05) is 38.2 Å². The lowest BCUT2D eigenvalue weighted by Gasteiger charge is -2.38. The van der Waals surface area contributed by atoms with Crippen molar-refractivity contribution in [3.63, 3.8) is 0 Å². The van der Waals surface area contributed by atoms with Crippen LogP contribution in [0.5, 0.6) is 5.75 Å². The van der Waals surface area contributed by atoms with Crippen LogP contribution in [0, 0.1) is 0 Å². The van der Waals surface area contributed by atoms with Gasteiger partial charge in [0.25, 0.3) is 5.91 Å². The highest BCUT2D eigenvalue weighted by molar-refractivity contribution is 5.95. The molecule has 10 heteroatoms. The average Bonchev–Trinajstić information content (AvgIpc) is 3.43. The van der Waals surface area contributed by atoms with Crippen LogP contribution in [0.4, 0.5) is 11.6 Å². The van der Waals surface area contributed by atoms with Crippen molar-refractivity contribution in [3.8, 4) is 28.3 Å². The fraction of sp³-hybridized carbons (Fsp3) is 0.429. The normalized spacial score (nSPS) is 19.8. The fourth-order valence-electron chi connectivity index (χ4n) is 7.01. The highest BCUT2D eigenvalue weighted by Gasteiger charge is 2.29. The smallest absolute Gasteiger partial charge is 0.251 e. The molecule has 1 saturated heterocycles. The van der Waals surface area contributed by atoms with Gasteiger partial charge in [-0.3, -0.25) is 14.4 Å². The second-order valence-corrected chi connectivity index (χ2v) is 12.1. The molecule has 3 heterocycles. The summed E-state index contributed by atoms with van der Waals surface area (Å²) in [5.74, 6) is 0.995. The van der Waals surface area contributed by atoms with Crippen LogP contribution in [-0.2, 0) is 24.6 Å². The molecule has 0 atom stereocenters. The predicted octanol–water partition coefficient (Wildman–Crippen LogP) is 5.16. The molecule has 234 valence electrons. The number of carbonyl (C=O) groups is 1. The minimum atomic E-state index is -0.0695. The Hall–Kier alpha value is -4.28. The number of aromatic nitrogens is 4. The van der Waals surface area contributed by atoms with Crippen molar-refractivity contribution >= 4 is 17.5 Å². The van der Waals surface area contributed by atoms with E-state index in [4.69, 9.17) is 19.6 Å². The molecule has 10 nitrogen and oxygen atoms in total. The number of nitrogens with zero attached hydrogens (tertiary/aromatic N) is 5. The third-order valence-electron chi connectivity index (χ3n) is 9.28. The maximum absolute atomic E-state index is 13.3. The van der Waals surface area contributed by atoms with Crippen LogP contribution in [0.2, 0.25) is 0 Å². The summed E-state index contributed by atoms with van der Waals surface area (Å²) in [7, 11) is 1.99. The quantitative estimate of drug-likeness (QED) is 0.283. The molecule has 2 N–H and O–H groups in total. The topological polar surface area (TPSA) is 106 Å². The van der Waals surface area contributed by atoms with Gasteiger partial charge in [-0.2, -0.15) is 5.10 Å². The fourth-order valence-corrected chi connectivity index (χ4v) is 7.01. The molecular formula is C35H41N7O3. The molecular weight excluding hydrogens is 566 g/mol. The zero-order chi connectivity index (χ0) is 30.8. The lowest BCUT2D eigenvalue weighted by Crippen LogP contribution is -2.47. The van der Waals surface area contributed by atoms with Gasteiger partial charge >= 0.3 is 0 Å². The summed E-state index contributed by atoms with van der Waals surface area (Å²) in [6.07, 6.45) is 7.80. The van der Waals surface area contributed by atoms with Gasteiger partial charge in [-0.05, 0) is 69.2 Å². The summed E-state index contributed by atoms with van der Waals surface area (Å²) >= 11 is 0. The van der Waals surface area contributed by atoms with E-state index in [-0.39, 0.29) is 11.9 Å². The molecule has 0 radical (unpaired) electrons. The molecule has 2 aromatic heterocycles. The number of rotatable bonds is 8. The molecule has 3 aliphatic rings. The molecule has 2 fully saturated rings. The summed E-state index contributed by atoms with van der Waals surface area (Å²) in [6, 6.07) is 16.6. The van der Waals surface area contributed by atoms with Gasteiger partial charge in [0, 0.05) is 55.1 Å². The molecule has 0 unspecified atom stereocenters. The van der Waals surface area contributed by atoms with E-state index in [2.05, 4.69) is 32.7 Å².